The summed E-state index contributed by atoms with van der Waals surface area (Å²) in [6.07, 6.45) is 5.76. The van der Waals surface area contributed by atoms with Crippen LogP contribution in [0.25, 0.3) is 33.5 Å². The van der Waals surface area contributed by atoms with Crippen molar-refractivity contribution in [1.82, 2.24) is 20.2 Å². The molecule has 0 saturated heterocycles. The third-order valence-corrected chi connectivity index (χ3v) is 5.50. The third-order valence-electron chi connectivity index (χ3n) is 5.50. The highest BCUT2D eigenvalue weighted by atomic mass is 16.1. The Hall–Kier alpha value is -4.12. The van der Waals surface area contributed by atoms with Crippen molar-refractivity contribution in [3.63, 3.8) is 0 Å². The van der Waals surface area contributed by atoms with Crippen LogP contribution < -0.4 is 0 Å². The average molecular weight is 419 g/mol. The van der Waals surface area contributed by atoms with E-state index in [0.29, 0.717) is 12.0 Å². The zero-order valence-corrected chi connectivity index (χ0v) is 17.5. The van der Waals surface area contributed by atoms with Gasteiger partial charge in [0.1, 0.15) is 0 Å². The van der Waals surface area contributed by atoms with Gasteiger partial charge in [-0.3, -0.25) is 9.89 Å². The Morgan fingerprint density at radius 2 is 1.44 bits per heavy atom. The molecule has 0 aliphatic carbocycles. The summed E-state index contributed by atoms with van der Waals surface area (Å²) in [5.41, 5.74) is 6.95. The van der Waals surface area contributed by atoms with E-state index in [-0.39, 0.29) is 5.78 Å². The van der Waals surface area contributed by atoms with Gasteiger partial charge in [0, 0.05) is 29.3 Å². The minimum absolute atomic E-state index is 0.116. The molecule has 1 N–H and O–H groups in total. The maximum Gasteiger partial charge on any atom is 0.162 e. The number of ketones is 1. The molecule has 5 nitrogen and oxygen atoms in total. The van der Waals surface area contributed by atoms with E-state index >= 15 is 0 Å². The highest BCUT2D eigenvalue weighted by molar-refractivity contribution is 5.99. The summed E-state index contributed by atoms with van der Waals surface area (Å²) >= 11 is 0. The molecule has 0 atom stereocenters. The number of fused-ring (bicyclic) bond motifs is 1. The standard InChI is InChI=1S/C27H22N4O/c32-25(13-7-8-19-17-28-29-18-19)22-14-15-23-24(16-22)31-27(21-11-5-2-6-12-21)26(30-23)20-9-3-1-4-10-20/h1-6,9-12,14-18H,7-8,13H2,(H,28,29). The second-order valence-corrected chi connectivity index (χ2v) is 7.74. The minimum atomic E-state index is 0.116. The summed E-state index contributed by atoms with van der Waals surface area (Å²) in [6.45, 7) is 0. The highest BCUT2D eigenvalue weighted by Gasteiger charge is 2.14. The van der Waals surface area contributed by atoms with Crippen molar-refractivity contribution in [2.75, 3.05) is 0 Å². The maximum absolute atomic E-state index is 12.8. The maximum atomic E-state index is 12.8. The van der Waals surface area contributed by atoms with Crippen molar-refractivity contribution in [1.29, 1.82) is 0 Å². The van der Waals surface area contributed by atoms with Gasteiger partial charge in [0.15, 0.2) is 5.78 Å². The SMILES string of the molecule is O=C(CCCc1cn[nH]c1)c1ccc2nc(-c3ccccc3)c(-c3ccccc3)nc2c1. The Bertz CT molecular complexity index is 1350. The predicted molar refractivity (Wildman–Crippen MR) is 126 cm³/mol. The lowest BCUT2D eigenvalue weighted by Gasteiger charge is -2.11. The van der Waals surface area contributed by atoms with Crippen LogP contribution in [0.4, 0.5) is 0 Å². The van der Waals surface area contributed by atoms with Crippen LogP contribution in [-0.2, 0) is 6.42 Å². The van der Waals surface area contributed by atoms with E-state index in [4.69, 9.17) is 9.97 Å². The first-order valence-electron chi connectivity index (χ1n) is 10.7. The van der Waals surface area contributed by atoms with E-state index in [1.54, 1.807) is 6.20 Å². The van der Waals surface area contributed by atoms with Gasteiger partial charge in [-0.1, -0.05) is 60.7 Å². The fraction of sp³-hybridized carbons (Fsp3) is 0.111. The largest absolute Gasteiger partial charge is 0.294 e. The summed E-state index contributed by atoms with van der Waals surface area (Å²) in [5.74, 6) is 0.116. The van der Waals surface area contributed by atoms with Crippen LogP contribution in [0.5, 0.6) is 0 Å². The highest BCUT2D eigenvalue weighted by Crippen LogP contribution is 2.31. The van der Waals surface area contributed by atoms with Crippen molar-refractivity contribution < 1.29 is 4.79 Å². The Balaban J connectivity index is 1.49. The molecule has 0 bridgehead atoms. The Morgan fingerprint density at radius 1 is 0.781 bits per heavy atom. The molecule has 0 radical (unpaired) electrons. The van der Waals surface area contributed by atoms with E-state index in [1.807, 2.05) is 85.1 Å². The molecule has 2 heterocycles. The Labute approximate surface area is 186 Å². The fourth-order valence-electron chi connectivity index (χ4n) is 3.83. The molecule has 0 amide bonds. The van der Waals surface area contributed by atoms with E-state index < -0.39 is 0 Å². The first kappa shape index (κ1) is 19.8. The van der Waals surface area contributed by atoms with Crippen LogP contribution in [0.1, 0.15) is 28.8 Å². The van der Waals surface area contributed by atoms with Crippen LogP contribution >= 0.6 is 0 Å². The zero-order valence-electron chi connectivity index (χ0n) is 17.5. The lowest BCUT2D eigenvalue weighted by molar-refractivity contribution is 0.0980. The first-order valence-corrected chi connectivity index (χ1v) is 10.7. The third kappa shape index (κ3) is 4.18. The second-order valence-electron chi connectivity index (χ2n) is 7.74. The van der Waals surface area contributed by atoms with Gasteiger partial charge in [-0.05, 0) is 36.6 Å². The van der Waals surface area contributed by atoms with Gasteiger partial charge in [0.2, 0.25) is 0 Å². The summed E-state index contributed by atoms with van der Waals surface area (Å²) in [4.78, 5) is 22.7. The fourth-order valence-corrected chi connectivity index (χ4v) is 3.83. The summed E-state index contributed by atoms with van der Waals surface area (Å²) in [5, 5.41) is 6.75. The molecule has 0 spiro atoms. The lowest BCUT2D eigenvalue weighted by Crippen LogP contribution is -2.01. The molecule has 5 rings (SSSR count). The molecule has 0 aliphatic rings. The van der Waals surface area contributed by atoms with Gasteiger partial charge in [-0.2, -0.15) is 5.10 Å². The Morgan fingerprint density at radius 3 is 2.06 bits per heavy atom. The van der Waals surface area contributed by atoms with Crippen molar-refractivity contribution >= 4 is 16.8 Å². The van der Waals surface area contributed by atoms with E-state index in [0.717, 1.165) is 52.0 Å². The van der Waals surface area contributed by atoms with Crippen molar-refractivity contribution in [2.45, 2.75) is 19.3 Å². The second kappa shape index (κ2) is 8.94. The predicted octanol–water partition coefficient (Wildman–Crippen LogP) is 5.89. The summed E-state index contributed by atoms with van der Waals surface area (Å²) in [7, 11) is 0. The lowest BCUT2D eigenvalue weighted by atomic mass is 10.0. The molecule has 2 aromatic heterocycles. The number of Topliss-reactive ketones (excluding diaryl/α,β-unsaturated/α-hetero) is 1. The number of aryl methyl sites for hydroxylation is 1. The quantitative estimate of drug-likeness (QED) is 0.334. The van der Waals surface area contributed by atoms with Gasteiger partial charge in [-0.25, -0.2) is 9.97 Å². The molecular weight excluding hydrogens is 396 g/mol. The number of carbonyl (C=O) groups excluding carboxylic acids is 1. The molecule has 0 fully saturated rings. The van der Waals surface area contributed by atoms with Crippen molar-refractivity contribution in [3.05, 3.63) is 102 Å². The van der Waals surface area contributed by atoms with Gasteiger partial charge in [-0.15, -0.1) is 0 Å². The number of aromatic nitrogens is 4. The van der Waals surface area contributed by atoms with Crippen molar-refractivity contribution in [2.24, 2.45) is 0 Å². The van der Waals surface area contributed by atoms with Crippen LogP contribution in [0.3, 0.4) is 0 Å². The first-order chi connectivity index (χ1) is 15.8. The minimum Gasteiger partial charge on any atom is -0.294 e. The number of aromatic amines is 1. The number of rotatable bonds is 7. The van der Waals surface area contributed by atoms with Gasteiger partial charge in [0.25, 0.3) is 0 Å². The number of nitrogens with one attached hydrogen (secondary N) is 1. The number of carbonyl (C=O) groups is 1. The topological polar surface area (TPSA) is 71.5 Å². The molecule has 5 aromatic rings. The summed E-state index contributed by atoms with van der Waals surface area (Å²) < 4.78 is 0. The number of H-pyrrole nitrogens is 1. The Kier molecular flexibility index (Phi) is 5.54. The zero-order chi connectivity index (χ0) is 21.8. The van der Waals surface area contributed by atoms with Gasteiger partial charge >= 0.3 is 0 Å². The molecule has 3 aromatic carbocycles. The van der Waals surface area contributed by atoms with E-state index in [9.17, 15) is 4.79 Å². The number of benzene rings is 3. The normalized spacial score (nSPS) is 11.0. The molecule has 0 saturated carbocycles. The van der Waals surface area contributed by atoms with Crippen LogP contribution in [0.15, 0.2) is 91.3 Å². The van der Waals surface area contributed by atoms with Gasteiger partial charge < -0.3 is 0 Å². The van der Waals surface area contributed by atoms with Crippen LogP contribution in [0.2, 0.25) is 0 Å². The number of hydrogen-bond donors (Lipinski definition) is 1. The summed E-state index contributed by atoms with van der Waals surface area (Å²) in [6, 6.07) is 25.7. The monoisotopic (exact) mass is 418 g/mol. The molecule has 156 valence electrons. The molecule has 0 unspecified atom stereocenters. The van der Waals surface area contributed by atoms with E-state index in [2.05, 4.69) is 10.2 Å². The molecule has 0 aliphatic heterocycles. The average Bonchev–Trinajstić information content (AvgIpc) is 3.37. The van der Waals surface area contributed by atoms with Crippen LogP contribution in [-0.4, -0.2) is 25.9 Å². The smallest absolute Gasteiger partial charge is 0.162 e. The number of nitrogens with zero attached hydrogens (tertiary/aromatic N) is 3. The molecule has 5 heteroatoms. The number of hydrogen-bond acceptors (Lipinski definition) is 4. The molecular formula is C27H22N4O. The van der Waals surface area contributed by atoms with Crippen LogP contribution in [0, 0.1) is 0 Å². The van der Waals surface area contributed by atoms with Crippen molar-refractivity contribution in [3.8, 4) is 22.5 Å². The van der Waals surface area contributed by atoms with E-state index in [1.165, 1.54) is 0 Å². The van der Waals surface area contributed by atoms with Gasteiger partial charge in [0.05, 0.1) is 28.6 Å². The molecule has 32 heavy (non-hydrogen) atoms.